The predicted molar refractivity (Wildman–Crippen MR) is 117 cm³/mol. The van der Waals surface area contributed by atoms with Gasteiger partial charge in [0.1, 0.15) is 29.1 Å². The number of nitrogens with zero attached hydrogens (tertiary/aromatic N) is 4. The van der Waals surface area contributed by atoms with E-state index in [1.54, 1.807) is 12.4 Å². The molecule has 0 bridgehead atoms. The maximum Gasteiger partial charge on any atom is 0.147 e. The number of aryl methyl sites for hydroxylation is 1. The van der Waals surface area contributed by atoms with Gasteiger partial charge in [0.25, 0.3) is 0 Å². The van der Waals surface area contributed by atoms with Crippen LogP contribution in [0.5, 0.6) is 0 Å². The first kappa shape index (κ1) is 20.0. The second-order valence-corrected chi connectivity index (χ2v) is 11.8. The zero-order valence-electron chi connectivity index (χ0n) is 17.2. The summed E-state index contributed by atoms with van der Waals surface area (Å²) in [6.07, 6.45) is 12.0. The third-order valence-electron chi connectivity index (χ3n) is 8.06. The molecule has 3 aliphatic carbocycles. The number of rotatable bonds is 5. The maximum absolute atomic E-state index is 12.3. The van der Waals surface area contributed by atoms with Crippen molar-refractivity contribution in [2.24, 2.45) is 23.2 Å². The van der Waals surface area contributed by atoms with Crippen molar-refractivity contribution in [3.63, 3.8) is 0 Å². The highest BCUT2D eigenvalue weighted by Gasteiger charge is 2.57. The van der Waals surface area contributed by atoms with Crippen molar-refractivity contribution in [1.82, 2.24) is 19.9 Å². The summed E-state index contributed by atoms with van der Waals surface area (Å²) in [5, 5.41) is 14.7. The maximum atomic E-state index is 12.3. The second kappa shape index (κ2) is 7.46. The standard InChI is InChI=1S/C22H26ClN5O2S/c23-14-9-24-19(25-10-14)13-7-22(8-13)5-12(6-22)15-1-2-16(15)21(29)28-20-18-17(26-11-27-20)3-4-31(18)30/h9-13,15-16,21,29H,1-8H2,(H,26,27,28)/t12?,13?,15?,16?,21-,22?,31?/m1/s1. The van der Waals surface area contributed by atoms with E-state index in [9.17, 15) is 9.32 Å². The Morgan fingerprint density at radius 2 is 1.90 bits per heavy atom. The average molecular weight is 460 g/mol. The third kappa shape index (κ3) is 3.38. The van der Waals surface area contributed by atoms with Crippen molar-refractivity contribution >= 4 is 28.2 Å². The molecule has 0 radical (unpaired) electrons. The van der Waals surface area contributed by atoms with E-state index in [2.05, 4.69) is 25.3 Å². The molecule has 3 unspecified atom stereocenters. The minimum absolute atomic E-state index is 0.235. The molecule has 3 saturated carbocycles. The van der Waals surface area contributed by atoms with E-state index < -0.39 is 17.0 Å². The minimum atomic E-state index is -1.07. The highest BCUT2D eigenvalue weighted by molar-refractivity contribution is 7.85. The minimum Gasteiger partial charge on any atom is -0.373 e. The van der Waals surface area contributed by atoms with E-state index in [-0.39, 0.29) is 5.92 Å². The van der Waals surface area contributed by atoms with Crippen LogP contribution < -0.4 is 5.32 Å². The van der Waals surface area contributed by atoms with Crippen LogP contribution in [-0.4, -0.2) is 41.2 Å². The summed E-state index contributed by atoms with van der Waals surface area (Å²) >= 11 is 5.90. The molecule has 2 aromatic rings. The van der Waals surface area contributed by atoms with Gasteiger partial charge in [-0.15, -0.1) is 0 Å². The molecule has 2 N–H and O–H groups in total. The first-order valence-electron chi connectivity index (χ1n) is 11.2. The fourth-order valence-electron chi connectivity index (χ4n) is 6.39. The number of aromatic nitrogens is 4. The number of anilines is 1. The van der Waals surface area contributed by atoms with E-state index in [4.69, 9.17) is 11.6 Å². The van der Waals surface area contributed by atoms with Gasteiger partial charge >= 0.3 is 0 Å². The number of aliphatic hydroxyl groups is 1. The topological polar surface area (TPSA) is 101 Å². The zero-order valence-corrected chi connectivity index (χ0v) is 18.8. The Balaban J connectivity index is 1.05. The lowest BCUT2D eigenvalue weighted by atomic mass is 9.43. The molecule has 31 heavy (non-hydrogen) atoms. The molecule has 4 atom stereocenters. The highest BCUT2D eigenvalue weighted by Crippen LogP contribution is 2.67. The molecular weight excluding hydrogens is 434 g/mol. The van der Waals surface area contributed by atoms with Gasteiger partial charge < -0.3 is 10.4 Å². The average Bonchev–Trinajstić information content (AvgIpc) is 3.04. The Bertz CT molecular complexity index is 1020. The van der Waals surface area contributed by atoms with Crippen LogP contribution in [0.4, 0.5) is 5.82 Å². The van der Waals surface area contributed by atoms with Gasteiger partial charge in [0.15, 0.2) is 0 Å². The number of hydrogen-bond acceptors (Lipinski definition) is 7. The van der Waals surface area contributed by atoms with E-state index >= 15 is 0 Å². The molecule has 0 saturated heterocycles. The lowest BCUT2D eigenvalue weighted by molar-refractivity contribution is -0.113. The molecule has 164 valence electrons. The molecular formula is C22H26ClN5O2S. The first-order valence-corrected chi connectivity index (χ1v) is 12.9. The van der Waals surface area contributed by atoms with Gasteiger partial charge in [0, 0.05) is 36.4 Å². The molecule has 0 amide bonds. The Kier molecular flexibility index (Phi) is 4.81. The van der Waals surface area contributed by atoms with Crippen molar-refractivity contribution in [2.45, 2.75) is 62.0 Å². The van der Waals surface area contributed by atoms with Crippen molar-refractivity contribution in [3.8, 4) is 0 Å². The zero-order chi connectivity index (χ0) is 21.2. The van der Waals surface area contributed by atoms with E-state index in [0.717, 1.165) is 17.9 Å². The summed E-state index contributed by atoms with van der Waals surface area (Å²) in [7, 11) is -1.07. The molecule has 6 rings (SSSR count). The lowest BCUT2D eigenvalue weighted by Crippen LogP contribution is -2.54. The van der Waals surface area contributed by atoms with Crippen molar-refractivity contribution in [2.75, 3.05) is 11.1 Å². The van der Waals surface area contributed by atoms with Crippen molar-refractivity contribution in [3.05, 3.63) is 35.3 Å². The third-order valence-corrected chi connectivity index (χ3v) is 9.72. The van der Waals surface area contributed by atoms with Crippen molar-refractivity contribution < 1.29 is 9.32 Å². The monoisotopic (exact) mass is 459 g/mol. The van der Waals surface area contributed by atoms with Crippen molar-refractivity contribution in [1.29, 1.82) is 0 Å². The molecule has 7 nitrogen and oxygen atoms in total. The second-order valence-electron chi connectivity index (χ2n) is 9.82. The van der Waals surface area contributed by atoms with Crippen LogP contribution >= 0.6 is 11.6 Å². The number of hydrogen-bond donors (Lipinski definition) is 2. The largest absolute Gasteiger partial charge is 0.373 e. The van der Waals surface area contributed by atoms with Gasteiger partial charge in [-0.25, -0.2) is 19.9 Å². The molecule has 0 aromatic carbocycles. The number of halogens is 1. The van der Waals surface area contributed by atoms with E-state index in [1.165, 1.54) is 38.4 Å². The highest BCUT2D eigenvalue weighted by atomic mass is 35.5. The summed E-state index contributed by atoms with van der Waals surface area (Å²) in [6.45, 7) is 0. The van der Waals surface area contributed by atoms with Gasteiger partial charge in [0.05, 0.1) is 21.5 Å². The SMILES string of the molecule is O=S1CCc2ncnc(N[C@H](O)C3CCC3C3CC4(CC(c5ncc(Cl)cn5)C4)C3)c21. The van der Waals surface area contributed by atoms with Gasteiger partial charge in [0.2, 0.25) is 0 Å². The smallest absolute Gasteiger partial charge is 0.147 e. The van der Waals surface area contributed by atoms with Gasteiger partial charge in [-0.1, -0.05) is 11.6 Å². The van der Waals surface area contributed by atoms with Crippen LogP contribution in [0.2, 0.25) is 5.02 Å². The Labute approximate surface area is 188 Å². The van der Waals surface area contributed by atoms with E-state index in [0.29, 0.717) is 51.1 Å². The van der Waals surface area contributed by atoms with Gasteiger partial charge in [-0.05, 0) is 55.8 Å². The quantitative estimate of drug-likeness (QED) is 0.661. The summed E-state index contributed by atoms with van der Waals surface area (Å²) in [4.78, 5) is 18.0. The molecule has 3 fully saturated rings. The fourth-order valence-corrected chi connectivity index (χ4v) is 7.81. The predicted octanol–water partition coefficient (Wildman–Crippen LogP) is 3.31. The summed E-state index contributed by atoms with van der Waals surface area (Å²) in [5.41, 5.74) is 1.31. The Hall–Kier alpha value is -1.64. The summed E-state index contributed by atoms with van der Waals surface area (Å²) < 4.78 is 12.3. The molecule has 1 aliphatic heterocycles. The van der Waals surface area contributed by atoms with Crippen LogP contribution in [0.3, 0.4) is 0 Å². The Morgan fingerprint density at radius 1 is 1.13 bits per heavy atom. The Morgan fingerprint density at radius 3 is 2.61 bits per heavy atom. The molecule has 3 heterocycles. The summed E-state index contributed by atoms with van der Waals surface area (Å²) in [6, 6.07) is 0. The van der Waals surface area contributed by atoms with Crippen LogP contribution in [0.25, 0.3) is 0 Å². The first-order chi connectivity index (χ1) is 15.0. The number of aliphatic hydroxyl groups excluding tert-OH is 1. The fraction of sp³-hybridized carbons (Fsp3) is 0.636. The number of fused-ring (bicyclic) bond motifs is 1. The van der Waals surface area contributed by atoms with Gasteiger partial charge in [-0.2, -0.15) is 0 Å². The molecule has 2 aromatic heterocycles. The molecule has 1 spiro atoms. The lowest BCUT2D eigenvalue weighted by Gasteiger charge is -2.62. The van der Waals surface area contributed by atoms with Crippen LogP contribution in [0.15, 0.2) is 23.6 Å². The normalized spacial score (nSPS) is 36.8. The van der Waals surface area contributed by atoms with Crippen LogP contribution in [0.1, 0.15) is 56.0 Å². The van der Waals surface area contributed by atoms with E-state index in [1.807, 2.05) is 0 Å². The summed E-state index contributed by atoms with van der Waals surface area (Å²) in [5.74, 6) is 4.01. The molecule has 9 heteroatoms. The number of nitrogens with one attached hydrogen (secondary N) is 1. The van der Waals surface area contributed by atoms with Gasteiger partial charge in [-0.3, -0.25) is 4.21 Å². The molecule has 4 aliphatic rings. The van der Waals surface area contributed by atoms with Crippen LogP contribution in [0, 0.1) is 23.2 Å². The van der Waals surface area contributed by atoms with Crippen LogP contribution in [-0.2, 0) is 17.2 Å².